The summed E-state index contributed by atoms with van der Waals surface area (Å²) in [5.41, 5.74) is 10.0. The molecule has 4 heteroatoms. The highest BCUT2D eigenvalue weighted by Crippen LogP contribution is 2.13. The second-order valence-corrected chi connectivity index (χ2v) is 2.61. The second-order valence-electron chi connectivity index (χ2n) is 2.61. The van der Waals surface area contributed by atoms with Crippen molar-refractivity contribution in [1.29, 1.82) is 0 Å². The number of hydrogen-bond donors (Lipinski definition) is 2. The third-order valence-electron chi connectivity index (χ3n) is 1.86. The van der Waals surface area contributed by atoms with Crippen LogP contribution >= 0.6 is 0 Å². The first-order valence-corrected chi connectivity index (χ1v) is 3.59. The zero-order valence-electron chi connectivity index (χ0n) is 6.83. The van der Waals surface area contributed by atoms with E-state index in [4.69, 9.17) is 11.5 Å². The first kappa shape index (κ1) is 9.94. The van der Waals surface area contributed by atoms with Crippen molar-refractivity contribution >= 4 is 11.8 Å². The third kappa shape index (κ3) is 2.57. The number of hydrogen-bond acceptors (Lipinski definition) is 2. The Labute approximate surface area is 65.9 Å². The topological polar surface area (TPSA) is 86.2 Å². The van der Waals surface area contributed by atoms with E-state index < -0.39 is 23.7 Å². The highest BCUT2D eigenvalue weighted by molar-refractivity contribution is 5.85. The van der Waals surface area contributed by atoms with Crippen molar-refractivity contribution in [2.75, 3.05) is 0 Å². The molecule has 0 saturated heterocycles. The Balaban J connectivity index is 4.25. The van der Waals surface area contributed by atoms with E-state index in [1.165, 1.54) is 0 Å². The molecule has 0 aliphatic heterocycles. The van der Waals surface area contributed by atoms with Gasteiger partial charge in [0.15, 0.2) is 0 Å². The lowest BCUT2D eigenvalue weighted by Crippen LogP contribution is -2.35. The van der Waals surface area contributed by atoms with Gasteiger partial charge < -0.3 is 11.5 Å². The van der Waals surface area contributed by atoms with Gasteiger partial charge in [0.05, 0.1) is 0 Å². The second kappa shape index (κ2) is 3.95. The number of carbonyl (C=O) groups excluding carboxylic acids is 2. The summed E-state index contributed by atoms with van der Waals surface area (Å²) in [5, 5.41) is 0. The number of primary amides is 2. The van der Waals surface area contributed by atoms with Crippen molar-refractivity contribution in [3.8, 4) is 0 Å². The highest BCUT2D eigenvalue weighted by Gasteiger charge is 2.24. The lowest BCUT2D eigenvalue weighted by Gasteiger charge is -2.15. The largest absolute Gasteiger partial charge is 0.369 e. The smallest absolute Gasteiger partial charge is 0.221 e. The lowest BCUT2D eigenvalue weighted by atomic mass is 9.90. The molecule has 2 amide bonds. The van der Waals surface area contributed by atoms with E-state index in [0.29, 0.717) is 6.42 Å². The van der Waals surface area contributed by atoms with E-state index in [0.717, 1.165) is 0 Å². The monoisotopic (exact) mass is 158 g/mol. The first-order valence-electron chi connectivity index (χ1n) is 3.59. The predicted octanol–water partition coefficient (Wildman–Crippen LogP) is -0.381. The summed E-state index contributed by atoms with van der Waals surface area (Å²) in [6, 6.07) is 0. The van der Waals surface area contributed by atoms with E-state index in [1.807, 2.05) is 0 Å². The van der Waals surface area contributed by atoms with Crippen LogP contribution in [0.5, 0.6) is 0 Å². The van der Waals surface area contributed by atoms with Crippen LogP contribution in [0.15, 0.2) is 0 Å². The summed E-state index contributed by atoms with van der Waals surface area (Å²) in [6.45, 7) is 3.41. The fourth-order valence-electron chi connectivity index (χ4n) is 0.999. The minimum Gasteiger partial charge on any atom is -0.369 e. The van der Waals surface area contributed by atoms with Crippen LogP contribution in [-0.2, 0) is 9.59 Å². The first-order chi connectivity index (χ1) is 5.00. The van der Waals surface area contributed by atoms with E-state index in [2.05, 4.69) is 0 Å². The molecule has 11 heavy (non-hydrogen) atoms. The van der Waals surface area contributed by atoms with Crippen LogP contribution in [0, 0.1) is 11.8 Å². The Morgan fingerprint density at radius 1 is 1.27 bits per heavy atom. The lowest BCUT2D eigenvalue weighted by molar-refractivity contribution is -0.130. The summed E-state index contributed by atoms with van der Waals surface area (Å²) in [6.07, 6.45) is 0.555. The van der Waals surface area contributed by atoms with Crippen LogP contribution in [0.4, 0.5) is 0 Å². The Bertz CT molecular complexity index is 168. The fraction of sp³-hybridized carbons (Fsp3) is 0.714. The Morgan fingerprint density at radius 3 is 1.82 bits per heavy atom. The normalized spacial score (nSPS) is 15.5. The molecule has 0 spiro atoms. The van der Waals surface area contributed by atoms with Gasteiger partial charge in [0.2, 0.25) is 11.8 Å². The molecule has 0 aromatic heterocycles. The van der Waals surface area contributed by atoms with Gasteiger partial charge in [0.25, 0.3) is 0 Å². The van der Waals surface area contributed by atoms with Gasteiger partial charge in [0, 0.05) is 11.8 Å². The maximum atomic E-state index is 10.7. The van der Waals surface area contributed by atoms with Crippen LogP contribution in [0.1, 0.15) is 20.3 Å². The standard InChI is InChI=1S/C7H14N2O2/c1-3-5(7(9)11)4(2)6(8)10/h4-5H,3H2,1-2H3,(H2,8,10)(H2,9,11)/t4-,5+/m1/s1. The Kier molecular flexibility index (Phi) is 3.57. The van der Waals surface area contributed by atoms with E-state index in [-0.39, 0.29) is 0 Å². The summed E-state index contributed by atoms with van der Waals surface area (Å²) in [7, 11) is 0. The van der Waals surface area contributed by atoms with Crippen LogP contribution in [-0.4, -0.2) is 11.8 Å². The van der Waals surface area contributed by atoms with Crippen molar-refractivity contribution in [1.82, 2.24) is 0 Å². The van der Waals surface area contributed by atoms with E-state index in [9.17, 15) is 9.59 Å². The van der Waals surface area contributed by atoms with Gasteiger partial charge in [-0.3, -0.25) is 9.59 Å². The molecule has 4 N–H and O–H groups in total. The molecule has 64 valence electrons. The molecule has 0 aliphatic carbocycles. The van der Waals surface area contributed by atoms with E-state index in [1.54, 1.807) is 13.8 Å². The number of nitrogens with two attached hydrogens (primary N) is 2. The molecule has 0 heterocycles. The van der Waals surface area contributed by atoms with Crippen LogP contribution in [0.25, 0.3) is 0 Å². The molecule has 0 aromatic carbocycles. The molecule has 0 aromatic rings. The van der Waals surface area contributed by atoms with Gasteiger partial charge in [-0.05, 0) is 6.42 Å². The maximum absolute atomic E-state index is 10.7. The molecule has 0 bridgehead atoms. The van der Waals surface area contributed by atoms with E-state index >= 15 is 0 Å². The number of amides is 2. The third-order valence-corrected chi connectivity index (χ3v) is 1.86. The molecule has 0 rings (SSSR count). The Morgan fingerprint density at radius 2 is 1.73 bits per heavy atom. The maximum Gasteiger partial charge on any atom is 0.221 e. The summed E-state index contributed by atoms with van der Waals surface area (Å²) < 4.78 is 0. The molecule has 0 unspecified atom stereocenters. The molecule has 0 radical (unpaired) electrons. The van der Waals surface area contributed by atoms with Crippen LogP contribution in [0.2, 0.25) is 0 Å². The zero-order chi connectivity index (χ0) is 9.02. The van der Waals surface area contributed by atoms with Crippen molar-refractivity contribution < 1.29 is 9.59 Å². The van der Waals surface area contributed by atoms with Crippen molar-refractivity contribution in [3.05, 3.63) is 0 Å². The number of carbonyl (C=O) groups is 2. The van der Waals surface area contributed by atoms with Crippen molar-refractivity contribution in [2.45, 2.75) is 20.3 Å². The minimum atomic E-state index is -0.476. The van der Waals surface area contributed by atoms with Gasteiger partial charge in [-0.2, -0.15) is 0 Å². The molecular weight excluding hydrogens is 144 g/mol. The molecule has 0 aliphatic rings. The quantitative estimate of drug-likeness (QED) is 0.584. The minimum absolute atomic E-state index is 0.424. The SMILES string of the molecule is CC[C@H](C(N)=O)[C@@H](C)C(N)=O. The summed E-state index contributed by atoms with van der Waals surface area (Å²) in [5.74, 6) is -1.82. The average Bonchev–Trinajstić information content (AvgIpc) is 1.88. The fourth-order valence-corrected chi connectivity index (χ4v) is 0.999. The highest BCUT2D eigenvalue weighted by atomic mass is 16.2. The van der Waals surface area contributed by atoms with Gasteiger partial charge in [-0.15, -0.1) is 0 Å². The molecule has 0 fully saturated rings. The number of rotatable bonds is 4. The van der Waals surface area contributed by atoms with Crippen LogP contribution in [0.3, 0.4) is 0 Å². The average molecular weight is 158 g/mol. The van der Waals surface area contributed by atoms with Crippen molar-refractivity contribution in [3.63, 3.8) is 0 Å². The van der Waals surface area contributed by atoms with Crippen LogP contribution < -0.4 is 11.5 Å². The Hall–Kier alpha value is -1.06. The molecule has 2 atom stereocenters. The molecule has 0 saturated carbocycles. The zero-order valence-corrected chi connectivity index (χ0v) is 6.83. The van der Waals surface area contributed by atoms with Gasteiger partial charge in [-0.25, -0.2) is 0 Å². The molecule has 4 nitrogen and oxygen atoms in total. The summed E-state index contributed by atoms with van der Waals surface area (Å²) in [4.78, 5) is 21.3. The van der Waals surface area contributed by atoms with Gasteiger partial charge in [0.1, 0.15) is 0 Å². The molecular formula is C7H14N2O2. The van der Waals surface area contributed by atoms with Gasteiger partial charge >= 0.3 is 0 Å². The predicted molar refractivity (Wildman–Crippen MR) is 41.3 cm³/mol. The van der Waals surface area contributed by atoms with Crippen molar-refractivity contribution in [2.24, 2.45) is 23.3 Å². The van der Waals surface area contributed by atoms with Gasteiger partial charge in [-0.1, -0.05) is 13.8 Å². The summed E-state index contributed by atoms with van der Waals surface area (Å²) >= 11 is 0.